The summed E-state index contributed by atoms with van der Waals surface area (Å²) in [5, 5.41) is 13.2. The molecule has 90 valence electrons. The molecule has 0 amide bonds. The minimum atomic E-state index is -1.02. The monoisotopic (exact) mass is 257 g/mol. The van der Waals surface area contributed by atoms with Crippen molar-refractivity contribution in [3.63, 3.8) is 0 Å². The zero-order valence-electron chi connectivity index (χ0n) is 8.60. The number of hydrogen-bond acceptors (Lipinski definition) is 5. The topological polar surface area (TPSA) is 85.2 Å². The molecule has 0 spiro atoms. The van der Waals surface area contributed by atoms with Gasteiger partial charge >= 0.3 is 0 Å². The van der Waals surface area contributed by atoms with Crippen molar-refractivity contribution in [3.05, 3.63) is 34.9 Å². The van der Waals surface area contributed by atoms with Crippen molar-refractivity contribution < 1.29 is 14.0 Å². The van der Waals surface area contributed by atoms with Crippen LogP contribution in [0.3, 0.4) is 0 Å². The minimum Gasteiger partial charge on any atom is -0.382 e. The normalized spacial score (nSPS) is 12.7. The number of rotatable bonds is 3. The summed E-state index contributed by atoms with van der Waals surface area (Å²) in [7, 11) is 0. The molecular formula is C10H9ClFN3O2. The molecule has 0 bridgehead atoms. The molecule has 7 heteroatoms. The van der Waals surface area contributed by atoms with Crippen LogP contribution in [-0.2, 0) is 0 Å². The van der Waals surface area contributed by atoms with E-state index in [0.29, 0.717) is 5.56 Å². The van der Waals surface area contributed by atoms with E-state index in [-0.39, 0.29) is 23.3 Å². The predicted molar refractivity (Wildman–Crippen MR) is 58.7 cm³/mol. The predicted octanol–water partition coefficient (Wildman–Crippen LogP) is 1.52. The highest BCUT2D eigenvalue weighted by molar-refractivity contribution is 6.33. The number of nitrogens with two attached hydrogens (primary N) is 1. The number of hydrogen-bond donors (Lipinski definition) is 2. The van der Waals surface area contributed by atoms with Crippen LogP contribution in [0.15, 0.2) is 22.7 Å². The van der Waals surface area contributed by atoms with Crippen LogP contribution in [0, 0.1) is 5.82 Å². The molecule has 17 heavy (non-hydrogen) atoms. The number of aliphatic hydroxyl groups is 1. The smallest absolute Gasteiger partial charge is 0.257 e. The van der Waals surface area contributed by atoms with Crippen LogP contribution in [0.5, 0.6) is 0 Å². The second-order valence-electron chi connectivity index (χ2n) is 3.33. The Hall–Kier alpha value is -1.50. The first-order valence-electron chi connectivity index (χ1n) is 4.79. The van der Waals surface area contributed by atoms with Crippen molar-refractivity contribution in [2.24, 2.45) is 5.73 Å². The van der Waals surface area contributed by atoms with E-state index in [1.165, 1.54) is 12.1 Å². The number of halogens is 2. The molecule has 0 aliphatic carbocycles. The lowest BCUT2D eigenvalue weighted by Gasteiger charge is -1.99. The van der Waals surface area contributed by atoms with Crippen LogP contribution < -0.4 is 5.73 Å². The van der Waals surface area contributed by atoms with E-state index in [2.05, 4.69) is 10.1 Å². The van der Waals surface area contributed by atoms with E-state index in [1.807, 2.05) is 0 Å². The Morgan fingerprint density at radius 1 is 1.53 bits per heavy atom. The minimum absolute atomic E-state index is 0.00268. The quantitative estimate of drug-likeness (QED) is 0.871. The van der Waals surface area contributed by atoms with Crippen molar-refractivity contribution in [3.8, 4) is 11.4 Å². The Bertz CT molecular complexity index is 532. The number of aromatic nitrogens is 2. The molecule has 1 aromatic carbocycles. The van der Waals surface area contributed by atoms with E-state index in [4.69, 9.17) is 21.9 Å². The Balaban J connectivity index is 2.37. The van der Waals surface area contributed by atoms with Crippen LogP contribution in [-0.4, -0.2) is 21.8 Å². The molecule has 0 aliphatic rings. The summed E-state index contributed by atoms with van der Waals surface area (Å²) in [6.45, 7) is -0.0290. The summed E-state index contributed by atoms with van der Waals surface area (Å²) in [6.07, 6.45) is -1.02. The summed E-state index contributed by atoms with van der Waals surface area (Å²) >= 11 is 5.84. The Kier molecular flexibility index (Phi) is 3.37. The first-order chi connectivity index (χ1) is 8.11. The van der Waals surface area contributed by atoms with E-state index in [0.717, 1.165) is 6.07 Å². The van der Waals surface area contributed by atoms with Crippen molar-refractivity contribution in [2.75, 3.05) is 6.54 Å². The van der Waals surface area contributed by atoms with E-state index < -0.39 is 11.9 Å². The Morgan fingerprint density at radius 3 is 2.94 bits per heavy atom. The highest BCUT2D eigenvalue weighted by atomic mass is 35.5. The lowest BCUT2D eigenvalue weighted by Crippen LogP contribution is -2.11. The molecule has 0 aliphatic heterocycles. The molecule has 0 fully saturated rings. The first kappa shape index (κ1) is 12.0. The molecule has 1 heterocycles. The maximum Gasteiger partial charge on any atom is 0.257 e. The summed E-state index contributed by atoms with van der Waals surface area (Å²) in [5.74, 6) is -0.273. The van der Waals surface area contributed by atoms with Crippen molar-refractivity contribution >= 4 is 11.6 Å². The van der Waals surface area contributed by atoms with Crippen molar-refractivity contribution in [2.45, 2.75) is 6.10 Å². The average molecular weight is 258 g/mol. The fourth-order valence-corrected chi connectivity index (χ4v) is 1.50. The molecule has 0 radical (unpaired) electrons. The maximum atomic E-state index is 12.8. The zero-order chi connectivity index (χ0) is 12.4. The molecule has 2 aromatic rings. The van der Waals surface area contributed by atoms with Gasteiger partial charge in [0.2, 0.25) is 5.82 Å². The average Bonchev–Trinajstić information content (AvgIpc) is 2.77. The summed E-state index contributed by atoms with van der Waals surface area (Å²) in [6, 6.07) is 3.81. The van der Waals surface area contributed by atoms with Gasteiger partial charge in [-0.3, -0.25) is 0 Å². The van der Waals surface area contributed by atoms with Crippen LogP contribution in [0.2, 0.25) is 5.02 Å². The Morgan fingerprint density at radius 2 is 2.29 bits per heavy atom. The molecule has 2 rings (SSSR count). The molecule has 1 atom stereocenters. The fourth-order valence-electron chi connectivity index (χ4n) is 1.25. The van der Waals surface area contributed by atoms with Gasteiger partial charge in [0.1, 0.15) is 11.9 Å². The van der Waals surface area contributed by atoms with Gasteiger partial charge in [0, 0.05) is 12.1 Å². The van der Waals surface area contributed by atoms with Gasteiger partial charge in [0.05, 0.1) is 5.02 Å². The third kappa shape index (κ3) is 2.44. The van der Waals surface area contributed by atoms with Crippen molar-refractivity contribution in [1.29, 1.82) is 0 Å². The van der Waals surface area contributed by atoms with Gasteiger partial charge in [0.25, 0.3) is 5.89 Å². The van der Waals surface area contributed by atoms with Gasteiger partial charge in [-0.2, -0.15) is 4.98 Å². The van der Waals surface area contributed by atoms with E-state index in [1.54, 1.807) is 0 Å². The maximum absolute atomic E-state index is 12.8. The first-order valence-corrected chi connectivity index (χ1v) is 5.16. The van der Waals surface area contributed by atoms with Crippen LogP contribution in [0.4, 0.5) is 4.39 Å². The van der Waals surface area contributed by atoms with Crippen molar-refractivity contribution in [1.82, 2.24) is 10.1 Å². The van der Waals surface area contributed by atoms with Gasteiger partial charge < -0.3 is 15.4 Å². The fraction of sp³-hybridized carbons (Fsp3) is 0.200. The third-order valence-corrected chi connectivity index (χ3v) is 2.43. The summed E-state index contributed by atoms with van der Waals surface area (Å²) in [4.78, 5) is 3.93. The summed E-state index contributed by atoms with van der Waals surface area (Å²) < 4.78 is 17.7. The van der Waals surface area contributed by atoms with Gasteiger partial charge in [-0.15, -0.1) is 0 Å². The molecule has 0 unspecified atom stereocenters. The zero-order valence-corrected chi connectivity index (χ0v) is 9.36. The second-order valence-corrected chi connectivity index (χ2v) is 3.74. The highest BCUT2D eigenvalue weighted by Crippen LogP contribution is 2.26. The highest BCUT2D eigenvalue weighted by Gasteiger charge is 2.17. The number of nitrogens with zero attached hydrogens (tertiary/aromatic N) is 2. The Labute approximate surface area is 101 Å². The van der Waals surface area contributed by atoms with Gasteiger partial charge in [-0.25, -0.2) is 4.39 Å². The lowest BCUT2D eigenvalue weighted by molar-refractivity contribution is 0.141. The molecule has 0 saturated carbocycles. The number of aliphatic hydroxyl groups excluding tert-OH is 1. The van der Waals surface area contributed by atoms with Crippen LogP contribution >= 0.6 is 11.6 Å². The molecular weight excluding hydrogens is 249 g/mol. The molecule has 3 N–H and O–H groups in total. The van der Waals surface area contributed by atoms with Crippen LogP contribution in [0.1, 0.15) is 12.0 Å². The van der Waals surface area contributed by atoms with Gasteiger partial charge in [-0.1, -0.05) is 16.8 Å². The van der Waals surface area contributed by atoms with E-state index in [9.17, 15) is 9.50 Å². The summed E-state index contributed by atoms with van der Waals surface area (Å²) in [5.41, 5.74) is 5.67. The molecule has 0 saturated heterocycles. The van der Waals surface area contributed by atoms with Gasteiger partial charge in [-0.05, 0) is 18.2 Å². The third-order valence-electron chi connectivity index (χ3n) is 2.12. The SMILES string of the molecule is NC[C@H](O)c1nc(-c2ccc(F)cc2Cl)no1. The second kappa shape index (κ2) is 4.79. The molecule has 5 nitrogen and oxygen atoms in total. The van der Waals surface area contributed by atoms with E-state index >= 15 is 0 Å². The molecule has 1 aromatic heterocycles. The largest absolute Gasteiger partial charge is 0.382 e. The number of benzene rings is 1. The lowest BCUT2D eigenvalue weighted by atomic mass is 10.2. The van der Waals surface area contributed by atoms with Crippen LogP contribution in [0.25, 0.3) is 11.4 Å². The standard InChI is InChI=1S/C10H9ClFN3O2/c11-7-3-5(12)1-2-6(7)9-14-10(17-15-9)8(16)4-13/h1-3,8,16H,4,13H2/t8-/m0/s1. The van der Waals surface area contributed by atoms with Gasteiger partial charge in [0.15, 0.2) is 0 Å².